The Morgan fingerprint density at radius 3 is 2.87 bits per heavy atom. The van der Waals surface area contributed by atoms with E-state index in [-0.39, 0.29) is 23.8 Å². The molecule has 0 saturated carbocycles. The Morgan fingerprint density at radius 1 is 1.30 bits per heavy atom. The summed E-state index contributed by atoms with van der Waals surface area (Å²) < 4.78 is 7.27. The summed E-state index contributed by atoms with van der Waals surface area (Å²) in [5, 5.41) is 11.7. The smallest absolute Gasteiger partial charge is 0.227 e. The first-order chi connectivity index (χ1) is 14.3. The average Bonchev–Trinajstić information content (AvgIpc) is 3.34. The van der Waals surface area contributed by atoms with Crippen LogP contribution in [0.5, 0.6) is 0 Å². The third kappa shape index (κ3) is 4.15. The number of carbonyl (C=O) groups is 1. The maximum atomic E-state index is 12.7. The van der Waals surface area contributed by atoms with Crippen molar-refractivity contribution in [3.63, 3.8) is 0 Å². The predicted molar refractivity (Wildman–Crippen MR) is 114 cm³/mol. The molecule has 3 aromatic rings. The van der Waals surface area contributed by atoms with Crippen molar-refractivity contribution < 1.29 is 9.32 Å². The van der Waals surface area contributed by atoms with Gasteiger partial charge in [0, 0.05) is 23.8 Å². The number of carbonyl (C=O) groups excluding carboxylic acids is 1. The van der Waals surface area contributed by atoms with E-state index in [4.69, 9.17) is 4.52 Å². The van der Waals surface area contributed by atoms with Gasteiger partial charge < -0.3 is 9.84 Å². The molecule has 0 fully saturated rings. The molecule has 7 heteroatoms. The Kier molecular flexibility index (Phi) is 5.45. The number of fused-ring (bicyclic) bond motifs is 1. The van der Waals surface area contributed by atoms with Crippen molar-refractivity contribution >= 4 is 11.7 Å². The molecule has 0 saturated heterocycles. The van der Waals surface area contributed by atoms with Crippen LogP contribution in [0.15, 0.2) is 35.0 Å². The number of anilines is 1. The summed E-state index contributed by atoms with van der Waals surface area (Å²) in [5.74, 6) is 1.83. The van der Waals surface area contributed by atoms with E-state index in [1.807, 2.05) is 38.6 Å². The van der Waals surface area contributed by atoms with Gasteiger partial charge in [0.15, 0.2) is 5.82 Å². The molecule has 30 heavy (non-hydrogen) atoms. The molecule has 1 N–H and O–H groups in total. The predicted octanol–water partition coefficient (Wildman–Crippen LogP) is 4.37. The van der Waals surface area contributed by atoms with Gasteiger partial charge in [-0.3, -0.25) is 4.79 Å². The van der Waals surface area contributed by atoms with Crippen molar-refractivity contribution in [2.75, 3.05) is 5.32 Å². The van der Waals surface area contributed by atoms with E-state index in [0.29, 0.717) is 18.1 Å². The monoisotopic (exact) mass is 407 g/mol. The molecule has 2 heterocycles. The topological polar surface area (TPSA) is 85.8 Å². The number of benzene rings is 1. The zero-order valence-corrected chi connectivity index (χ0v) is 18.1. The fourth-order valence-corrected chi connectivity index (χ4v) is 3.90. The number of nitrogens with zero attached hydrogens (tertiary/aromatic N) is 4. The highest BCUT2D eigenvalue weighted by molar-refractivity contribution is 5.90. The summed E-state index contributed by atoms with van der Waals surface area (Å²) >= 11 is 0. The van der Waals surface area contributed by atoms with E-state index >= 15 is 0 Å². The highest BCUT2D eigenvalue weighted by atomic mass is 16.5. The second kappa shape index (κ2) is 8.05. The molecule has 0 bridgehead atoms. The Balaban J connectivity index is 1.46. The Labute approximate surface area is 176 Å². The molecule has 1 atom stereocenters. The van der Waals surface area contributed by atoms with Gasteiger partial charge in [-0.2, -0.15) is 10.1 Å². The second-order valence-corrected chi connectivity index (χ2v) is 9.04. The molecule has 2 aromatic heterocycles. The minimum Gasteiger partial charge on any atom is -0.339 e. The van der Waals surface area contributed by atoms with E-state index in [1.165, 1.54) is 11.1 Å². The summed E-state index contributed by atoms with van der Waals surface area (Å²) in [7, 11) is 0. The number of hydrogen-bond donors (Lipinski definition) is 1. The van der Waals surface area contributed by atoms with Gasteiger partial charge in [-0.05, 0) is 37.3 Å². The molecule has 4 rings (SSSR count). The van der Waals surface area contributed by atoms with Gasteiger partial charge in [0.2, 0.25) is 11.8 Å². The molecule has 1 amide bonds. The van der Waals surface area contributed by atoms with Gasteiger partial charge in [0.05, 0.1) is 12.2 Å². The number of amides is 1. The molecular weight excluding hydrogens is 378 g/mol. The van der Waals surface area contributed by atoms with Crippen LogP contribution in [0.25, 0.3) is 0 Å². The highest BCUT2D eigenvalue weighted by Gasteiger charge is 2.26. The van der Waals surface area contributed by atoms with Gasteiger partial charge in [-0.1, -0.05) is 50.2 Å². The van der Waals surface area contributed by atoms with Crippen LogP contribution in [0.3, 0.4) is 0 Å². The summed E-state index contributed by atoms with van der Waals surface area (Å²) in [4.78, 5) is 17.1. The molecule has 0 aliphatic heterocycles. The number of aryl methyl sites for hydroxylation is 3. The van der Waals surface area contributed by atoms with Crippen LogP contribution < -0.4 is 5.32 Å². The Hall–Kier alpha value is -2.96. The summed E-state index contributed by atoms with van der Waals surface area (Å²) in [6.45, 7) is 8.06. The Morgan fingerprint density at radius 2 is 2.10 bits per heavy atom. The quantitative estimate of drug-likeness (QED) is 0.679. The van der Waals surface area contributed by atoms with Crippen molar-refractivity contribution in [3.05, 3.63) is 58.9 Å². The second-order valence-electron chi connectivity index (χ2n) is 9.04. The Bertz CT molecular complexity index is 1040. The van der Waals surface area contributed by atoms with E-state index in [2.05, 4.69) is 44.8 Å². The molecule has 1 aromatic carbocycles. The van der Waals surface area contributed by atoms with Crippen LogP contribution in [-0.2, 0) is 23.1 Å². The number of hydrogen-bond acceptors (Lipinski definition) is 5. The van der Waals surface area contributed by atoms with E-state index in [9.17, 15) is 4.79 Å². The van der Waals surface area contributed by atoms with Crippen molar-refractivity contribution in [2.45, 2.75) is 71.3 Å². The van der Waals surface area contributed by atoms with Gasteiger partial charge in [0.25, 0.3) is 0 Å². The highest BCUT2D eigenvalue weighted by Crippen LogP contribution is 2.35. The van der Waals surface area contributed by atoms with Gasteiger partial charge in [-0.15, -0.1) is 0 Å². The van der Waals surface area contributed by atoms with Crippen LogP contribution in [0.4, 0.5) is 5.82 Å². The zero-order chi connectivity index (χ0) is 21.3. The van der Waals surface area contributed by atoms with Gasteiger partial charge >= 0.3 is 0 Å². The third-order valence-corrected chi connectivity index (χ3v) is 5.57. The first kappa shape index (κ1) is 20.3. The molecule has 0 radical (unpaired) electrons. The lowest BCUT2D eigenvalue weighted by Crippen LogP contribution is -2.23. The standard InChI is InChI=1S/C23H29N5O2/c1-15-14-24-28(18-11-7-9-16-8-5-6-10-17(16)18)21(15)25-19(29)12-13-20-26-22(27-30-20)23(2,3)4/h5-6,8,10,14,18H,7,9,11-13H2,1-4H3,(H,25,29). The van der Waals surface area contributed by atoms with Crippen LogP contribution in [-0.4, -0.2) is 25.8 Å². The lowest BCUT2D eigenvalue weighted by molar-refractivity contribution is -0.116. The van der Waals surface area contributed by atoms with Crippen LogP contribution >= 0.6 is 0 Å². The molecule has 1 aliphatic carbocycles. The summed E-state index contributed by atoms with van der Waals surface area (Å²) in [5.41, 5.74) is 3.44. The minimum atomic E-state index is -0.177. The fraction of sp³-hybridized carbons (Fsp3) is 0.478. The van der Waals surface area contributed by atoms with Gasteiger partial charge in [0.1, 0.15) is 5.82 Å². The van der Waals surface area contributed by atoms with Crippen molar-refractivity contribution in [3.8, 4) is 0 Å². The molecule has 1 aliphatic rings. The third-order valence-electron chi connectivity index (χ3n) is 5.57. The van der Waals surface area contributed by atoms with E-state index in [1.54, 1.807) is 0 Å². The first-order valence-corrected chi connectivity index (χ1v) is 10.6. The van der Waals surface area contributed by atoms with E-state index in [0.717, 1.165) is 30.6 Å². The van der Waals surface area contributed by atoms with Gasteiger partial charge in [-0.25, -0.2) is 4.68 Å². The molecule has 7 nitrogen and oxygen atoms in total. The molecule has 0 spiro atoms. The molecule has 158 valence electrons. The maximum Gasteiger partial charge on any atom is 0.227 e. The molecule has 1 unspecified atom stereocenters. The van der Waals surface area contributed by atoms with Crippen molar-refractivity contribution in [1.29, 1.82) is 0 Å². The summed E-state index contributed by atoms with van der Waals surface area (Å²) in [6.07, 6.45) is 5.72. The lowest BCUT2D eigenvalue weighted by atomic mass is 9.88. The molecular formula is C23H29N5O2. The van der Waals surface area contributed by atoms with Crippen molar-refractivity contribution in [2.24, 2.45) is 0 Å². The lowest BCUT2D eigenvalue weighted by Gasteiger charge is -2.27. The number of aromatic nitrogens is 4. The number of nitrogens with one attached hydrogen (secondary N) is 1. The van der Waals surface area contributed by atoms with E-state index < -0.39 is 0 Å². The SMILES string of the molecule is Cc1cnn(C2CCCc3ccccc32)c1NC(=O)CCc1nc(C(C)(C)C)no1. The van der Waals surface area contributed by atoms with Crippen LogP contribution in [0.2, 0.25) is 0 Å². The zero-order valence-electron chi connectivity index (χ0n) is 18.1. The normalized spacial score (nSPS) is 16.3. The maximum absolute atomic E-state index is 12.7. The average molecular weight is 408 g/mol. The van der Waals surface area contributed by atoms with Crippen LogP contribution in [0, 0.1) is 6.92 Å². The van der Waals surface area contributed by atoms with Crippen molar-refractivity contribution in [1.82, 2.24) is 19.9 Å². The largest absolute Gasteiger partial charge is 0.339 e. The van der Waals surface area contributed by atoms with Crippen LogP contribution in [0.1, 0.15) is 74.5 Å². The fourth-order valence-electron chi connectivity index (χ4n) is 3.90. The number of rotatable bonds is 5. The minimum absolute atomic E-state index is 0.0838. The summed E-state index contributed by atoms with van der Waals surface area (Å²) in [6, 6.07) is 8.66. The first-order valence-electron chi connectivity index (χ1n) is 10.6.